The van der Waals surface area contributed by atoms with E-state index in [-0.39, 0.29) is 18.1 Å². The van der Waals surface area contributed by atoms with Crippen molar-refractivity contribution >= 4 is 27.9 Å². The summed E-state index contributed by atoms with van der Waals surface area (Å²) in [6.45, 7) is 2.13. The summed E-state index contributed by atoms with van der Waals surface area (Å²) in [6.07, 6.45) is 3.20. The number of aromatic nitrogens is 2. The van der Waals surface area contributed by atoms with Gasteiger partial charge in [-0.25, -0.2) is 9.37 Å². The number of hydrogen-bond acceptors (Lipinski definition) is 3. The van der Waals surface area contributed by atoms with E-state index in [1.165, 1.54) is 29.0 Å². The van der Waals surface area contributed by atoms with Crippen LogP contribution < -0.4 is 5.32 Å². The van der Waals surface area contributed by atoms with Crippen LogP contribution in [0, 0.1) is 5.82 Å². The maximum Gasteiger partial charge on any atom is 0.230 e. The first-order valence-electron chi connectivity index (χ1n) is 8.72. The predicted octanol–water partition coefficient (Wildman–Crippen LogP) is 4.95. The first-order chi connectivity index (χ1) is 13.1. The lowest BCUT2D eigenvalue weighted by molar-refractivity contribution is -0.115. The van der Waals surface area contributed by atoms with Crippen molar-refractivity contribution in [3.8, 4) is 11.3 Å². The molecule has 2 heterocycles. The van der Waals surface area contributed by atoms with E-state index in [4.69, 9.17) is 0 Å². The molecule has 1 amide bonds. The zero-order valence-electron chi connectivity index (χ0n) is 14.8. The predicted molar refractivity (Wildman–Crippen MR) is 107 cm³/mol. The van der Waals surface area contributed by atoms with Crippen LogP contribution in [0.2, 0.25) is 0 Å². The lowest BCUT2D eigenvalue weighted by atomic mass is 10.1. The van der Waals surface area contributed by atoms with Gasteiger partial charge in [0.1, 0.15) is 5.82 Å². The standard InChI is InChI=1S/C21H18FN3OS/c1-2-14-3-5-15(6-4-14)19-12-25-18(13-27-21(25)24-19)11-20(26)23-17-9-7-16(22)8-10-17/h3-10,12-13H,2,11H2,1H3,(H,23,26). The van der Waals surface area contributed by atoms with Crippen LogP contribution in [0.5, 0.6) is 0 Å². The summed E-state index contributed by atoms with van der Waals surface area (Å²) < 4.78 is 14.9. The van der Waals surface area contributed by atoms with Gasteiger partial charge in [-0.3, -0.25) is 9.20 Å². The lowest BCUT2D eigenvalue weighted by Gasteiger charge is -2.04. The van der Waals surface area contributed by atoms with Crippen LogP contribution in [-0.4, -0.2) is 15.3 Å². The average molecular weight is 379 g/mol. The van der Waals surface area contributed by atoms with E-state index < -0.39 is 0 Å². The first kappa shape index (κ1) is 17.4. The molecule has 4 aromatic rings. The van der Waals surface area contributed by atoms with Crippen molar-refractivity contribution in [2.24, 2.45) is 0 Å². The number of nitrogens with zero attached hydrogens (tertiary/aromatic N) is 2. The third kappa shape index (κ3) is 3.75. The minimum absolute atomic E-state index is 0.149. The Labute approximate surface area is 160 Å². The van der Waals surface area contributed by atoms with E-state index in [0.29, 0.717) is 5.69 Å². The van der Waals surface area contributed by atoms with Crippen LogP contribution in [0.15, 0.2) is 60.1 Å². The number of amides is 1. The van der Waals surface area contributed by atoms with Crippen molar-refractivity contribution in [2.45, 2.75) is 19.8 Å². The Morgan fingerprint density at radius 3 is 2.59 bits per heavy atom. The van der Waals surface area contributed by atoms with Crippen molar-refractivity contribution in [1.82, 2.24) is 9.38 Å². The van der Waals surface area contributed by atoms with Crippen molar-refractivity contribution in [3.05, 3.63) is 77.2 Å². The van der Waals surface area contributed by atoms with Crippen LogP contribution in [0.25, 0.3) is 16.2 Å². The summed E-state index contributed by atoms with van der Waals surface area (Å²) in [7, 11) is 0. The topological polar surface area (TPSA) is 46.4 Å². The average Bonchev–Trinajstić information content (AvgIpc) is 3.26. The molecule has 0 radical (unpaired) electrons. The number of benzene rings is 2. The van der Waals surface area contributed by atoms with Gasteiger partial charge >= 0.3 is 0 Å². The minimum Gasteiger partial charge on any atom is -0.326 e. The second-order valence-electron chi connectivity index (χ2n) is 6.29. The summed E-state index contributed by atoms with van der Waals surface area (Å²) in [5, 5.41) is 4.73. The fourth-order valence-electron chi connectivity index (χ4n) is 2.91. The van der Waals surface area contributed by atoms with Crippen LogP contribution >= 0.6 is 11.3 Å². The maximum absolute atomic E-state index is 13.0. The van der Waals surface area contributed by atoms with Gasteiger partial charge in [0.05, 0.1) is 12.1 Å². The molecule has 27 heavy (non-hydrogen) atoms. The molecule has 4 nitrogen and oxygen atoms in total. The third-order valence-electron chi connectivity index (χ3n) is 4.41. The molecule has 0 spiro atoms. The number of nitrogens with one attached hydrogen (secondary N) is 1. The molecule has 0 fully saturated rings. The van der Waals surface area contributed by atoms with Gasteiger partial charge in [0.2, 0.25) is 5.91 Å². The number of carbonyl (C=O) groups excluding carboxylic acids is 1. The van der Waals surface area contributed by atoms with Crippen molar-refractivity contribution in [1.29, 1.82) is 0 Å². The Kier molecular flexibility index (Phi) is 4.73. The highest BCUT2D eigenvalue weighted by atomic mass is 32.1. The molecule has 0 aliphatic heterocycles. The second kappa shape index (κ2) is 7.32. The van der Waals surface area contributed by atoms with Gasteiger partial charge in [-0.2, -0.15) is 0 Å². The first-order valence-corrected chi connectivity index (χ1v) is 9.60. The highest BCUT2D eigenvalue weighted by molar-refractivity contribution is 7.15. The van der Waals surface area contributed by atoms with Crippen LogP contribution in [-0.2, 0) is 17.6 Å². The van der Waals surface area contributed by atoms with Crippen LogP contribution in [0.1, 0.15) is 18.2 Å². The zero-order valence-corrected chi connectivity index (χ0v) is 15.6. The number of aryl methyl sites for hydroxylation is 1. The maximum atomic E-state index is 13.0. The number of fused-ring (bicyclic) bond motifs is 1. The molecule has 0 saturated carbocycles. The molecule has 0 unspecified atom stereocenters. The molecule has 0 aliphatic rings. The molecule has 1 N–H and O–H groups in total. The number of rotatable bonds is 5. The smallest absolute Gasteiger partial charge is 0.230 e. The molecule has 0 bridgehead atoms. The largest absolute Gasteiger partial charge is 0.326 e. The van der Waals surface area contributed by atoms with Crippen molar-refractivity contribution in [2.75, 3.05) is 5.32 Å². The summed E-state index contributed by atoms with van der Waals surface area (Å²) in [6, 6.07) is 14.1. The molecule has 0 aliphatic carbocycles. The summed E-state index contributed by atoms with van der Waals surface area (Å²) in [5.41, 5.74) is 4.70. The normalized spacial score (nSPS) is 11.0. The lowest BCUT2D eigenvalue weighted by Crippen LogP contribution is -2.15. The fraction of sp³-hybridized carbons (Fsp3) is 0.143. The number of halogens is 1. The van der Waals surface area contributed by atoms with E-state index in [9.17, 15) is 9.18 Å². The van der Waals surface area contributed by atoms with Gasteiger partial charge in [0.15, 0.2) is 4.96 Å². The number of thiazole rings is 1. The Balaban J connectivity index is 1.53. The van der Waals surface area contributed by atoms with Gasteiger partial charge < -0.3 is 5.32 Å². The SMILES string of the molecule is CCc1ccc(-c2cn3c(CC(=O)Nc4ccc(F)cc4)csc3n2)cc1. The molecule has 136 valence electrons. The molecular formula is C21H18FN3OS. The van der Waals surface area contributed by atoms with Gasteiger partial charge in [-0.15, -0.1) is 11.3 Å². The summed E-state index contributed by atoms with van der Waals surface area (Å²) in [4.78, 5) is 17.8. The summed E-state index contributed by atoms with van der Waals surface area (Å²) in [5.74, 6) is -0.477. The second-order valence-corrected chi connectivity index (χ2v) is 7.12. The molecular weight excluding hydrogens is 361 g/mol. The monoisotopic (exact) mass is 379 g/mol. The molecule has 0 saturated heterocycles. The number of imidazole rings is 1. The molecule has 2 aromatic heterocycles. The molecule has 6 heteroatoms. The Morgan fingerprint density at radius 2 is 1.89 bits per heavy atom. The Bertz CT molecular complexity index is 1080. The van der Waals surface area contributed by atoms with E-state index in [1.807, 2.05) is 16.0 Å². The summed E-state index contributed by atoms with van der Waals surface area (Å²) >= 11 is 1.51. The van der Waals surface area contributed by atoms with E-state index in [0.717, 1.165) is 28.3 Å². The van der Waals surface area contributed by atoms with E-state index in [2.05, 4.69) is 41.5 Å². The number of carbonyl (C=O) groups is 1. The van der Waals surface area contributed by atoms with E-state index in [1.54, 1.807) is 12.1 Å². The third-order valence-corrected chi connectivity index (χ3v) is 5.30. The van der Waals surface area contributed by atoms with E-state index >= 15 is 0 Å². The van der Waals surface area contributed by atoms with Crippen LogP contribution in [0.3, 0.4) is 0 Å². The molecule has 2 aromatic carbocycles. The zero-order chi connectivity index (χ0) is 18.8. The van der Waals surface area contributed by atoms with Gasteiger partial charge in [0.25, 0.3) is 0 Å². The minimum atomic E-state index is -0.328. The quantitative estimate of drug-likeness (QED) is 0.534. The fourth-order valence-corrected chi connectivity index (χ4v) is 3.78. The van der Waals surface area contributed by atoms with Gasteiger partial charge in [-0.05, 0) is 36.2 Å². The van der Waals surface area contributed by atoms with Gasteiger partial charge in [-0.1, -0.05) is 31.2 Å². The molecule has 0 atom stereocenters. The number of hydrogen-bond donors (Lipinski definition) is 1. The highest BCUT2D eigenvalue weighted by Crippen LogP contribution is 2.24. The number of anilines is 1. The Hall–Kier alpha value is -2.99. The van der Waals surface area contributed by atoms with Gasteiger partial charge in [0, 0.05) is 28.5 Å². The van der Waals surface area contributed by atoms with Crippen molar-refractivity contribution in [3.63, 3.8) is 0 Å². The van der Waals surface area contributed by atoms with Crippen molar-refractivity contribution < 1.29 is 9.18 Å². The van der Waals surface area contributed by atoms with Crippen LogP contribution in [0.4, 0.5) is 10.1 Å². The highest BCUT2D eigenvalue weighted by Gasteiger charge is 2.13. The Morgan fingerprint density at radius 1 is 1.15 bits per heavy atom. The molecule has 4 rings (SSSR count).